The van der Waals surface area contributed by atoms with Crippen LogP contribution in [-0.2, 0) is 11.3 Å². The highest BCUT2D eigenvalue weighted by Gasteiger charge is 2.22. The first-order valence-corrected chi connectivity index (χ1v) is 8.78. The molecule has 1 aromatic carbocycles. The number of carbonyl (C=O) groups is 1. The molecule has 5 heteroatoms. The molecule has 2 unspecified atom stereocenters. The molecule has 0 bridgehead atoms. The molecule has 24 heavy (non-hydrogen) atoms. The molecule has 1 fully saturated rings. The van der Waals surface area contributed by atoms with Crippen molar-refractivity contribution in [2.45, 2.75) is 52.7 Å². The van der Waals surface area contributed by atoms with E-state index in [1.54, 1.807) is 0 Å². The molecule has 1 amide bonds. The van der Waals surface area contributed by atoms with Gasteiger partial charge in [-0.3, -0.25) is 4.79 Å². The smallest absolute Gasteiger partial charge is 0.220 e. The quantitative estimate of drug-likeness (QED) is 0.787. The van der Waals surface area contributed by atoms with Gasteiger partial charge in [-0.25, -0.2) is 0 Å². The lowest BCUT2D eigenvalue weighted by Crippen LogP contribution is -2.35. The molecule has 1 aromatic rings. The van der Waals surface area contributed by atoms with Gasteiger partial charge in [0, 0.05) is 18.5 Å². The standard InChI is InChI=1S/C19H30N2O2.ClH/c1-14(2)23-18-9-5-4-7-17(18)13-21-19(22)11-15(3)16-8-6-10-20-12-16;/h4-5,7,9,14-16,20H,6,8,10-13H2,1-3H3,(H,21,22);1H. The van der Waals surface area contributed by atoms with E-state index in [2.05, 4.69) is 17.6 Å². The summed E-state index contributed by atoms with van der Waals surface area (Å²) in [6.07, 6.45) is 3.17. The molecule has 0 aliphatic carbocycles. The van der Waals surface area contributed by atoms with E-state index in [0.717, 1.165) is 24.4 Å². The zero-order valence-corrected chi connectivity index (χ0v) is 15.8. The highest BCUT2D eigenvalue weighted by atomic mass is 35.5. The van der Waals surface area contributed by atoms with Gasteiger partial charge in [0.05, 0.1) is 6.10 Å². The Bertz CT molecular complexity index is 502. The fourth-order valence-corrected chi connectivity index (χ4v) is 3.11. The van der Waals surface area contributed by atoms with Crippen LogP contribution in [0.4, 0.5) is 0 Å². The lowest BCUT2D eigenvalue weighted by molar-refractivity contribution is -0.122. The fourth-order valence-electron chi connectivity index (χ4n) is 3.11. The van der Waals surface area contributed by atoms with E-state index in [1.807, 2.05) is 38.1 Å². The SMILES string of the molecule is CC(C)Oc1ccccc1CNC(=O)CC(C)C1CCCNC1.Cl. The number of para-hydroxylation sites is 1. The van der Waals surface area contributed by atoms with E-state index in [-0.39, 0.29) is 24.4 Å². The minimum Gasteiger partial charge on any atom is -0.491 e. The summed E-state index contributed by atoms with van der Waals surface area (Å²) in [6.45, 7) is 8.89. The second-order valence-corrected chi connectivity index (χ2v) is 6.84. The van der Waals surface area contributed by atoms with Crippen LogP contribution < -0.4 is 15.4 Å². The minimum absolute atomic E-state index is 0. The second-order valence-electron chi connectivity index (χ2n) is 6.84. The summed E-state index contributed by atoms with van der Waals surface area (Å²) in [5.74, 6) is 2.02. The number of ether oxygens (including phenoxy) is 1. The fraction of sp³-hybridized carbons (Fsp3) is 0.632. The summed E-state index contributed by atoms with van der Waals surface area (Å²) in [4.78, 5) is 12.2. The Hall–Kier alpha value is -1.26. The maximum Gasteiger partial charge on any atom is 0.220 e. The van der Waals surface area contributed by atoms with Crippen LogP contribution >= 0.6 is 12.4 Å². The Morgan fingerprint density at radius 1 is 1.33 bits per heavy atom. The van der Waals surface area contributed by atoms with E-state index in [9.17, 15) is 4.79 Å². The van der Waals surface area contributed by atoms with Crippen LogP contribution in [0.25, 0.3) is 0 Å². The van der Waals surface area contributed by atoms with E-state index in [1.165, 1.54) is 12.8 Å². The van der Waals surface area contributed by atoms with Gasteiger partial charge in [0.25, 0.3) is 0 Å². The molecule has 4 nitrogen and oxygen atoms in total. The normalized spacial score (nSPS) is 18.6. The first kappa shape index (κ1) is 20.8. The molecule has 0 radical (unpaired) electrons. The molecule has 0 aromatic heterocycles. The van der Waals surface area contributed by atoms with Crippen molar-refractivity contribution >= 4 is 18.3 Å². The van der Waals surface area contributed by atoms with Crippen molar-refractivity contribution in [3.63, 3.8) is 0 Å². The van der Waals surface area contributed by atoms with E-state index in [4.69, 9.17) is 4.74 Å². The van der Waals surface area contributed by atoms with E-state index in [0.29, 0.717) is 24.8 Å². The molecule has 2 N–H and O–H groups in total. The Balaban J connectivity index is 0.00000288. The van der Waals surface area contributed by atoms with Crippen molar-refractivity contribution in [3.8, 4) is 5.75 Å². The van der Waals surface area contributed by atoms with Crippen LogP contribution in [0.3, 0.4) is 0 Å². The summed E-state index contributed by atoms with van der Waals surface area (Å²) in [5.41, 5.74) is 1.03. The van der Waals surface area contributed by atoms with E-state index >= 15 is 0 Å². The predicted molar refractivity (Wildman–Crippen MR) is 101 cm³/mol. The third-order valence-corrected chi connectivity index (χ3v) is 4.46. The molecular formula is C19H31ClN2O2. The highest BCUT2D eigenvalue weighted by Crippen LogP contribution is 2.23. The van der Waals surface area contributed by atoms with Crippen molar-refractivity contribution in [1.82, 2.24) is 10.6 Å². The number of amides is 1. The Morgan fingerprint density at radius 2 is 2.08 bits per heavy atom. The van der Waals surface area contributed by atoms with Crippen LogP contribution in [0.5, 0.6) is 5.75 Å². The molecule has 1 aliphatic heterocycles. The van der Waals surface area contributed by atoms with Gasteiger partial charge in [-0.2, -0.15) is 0 Å². The first-order chi connectivity index (χ1) is 11.1. The molecular weight excluding hydrogens is 324 g/mol. The van der Waals surface area contributed by atoms with Gasteiger partial charge in [0.2, 0.25) is 5.91 Å². The van der Waals surface area contributed by atoms with Crippen LogP contribution in [-0.4, -0.2) is 25.1 Å². The van der Waals surface area contributed by atoms with Gasteiger partial charge in [0.1, 0.15) is 5.75 Å². The number of benzene rings is 1. The van der Waals surface area contributed by atoms with Gasteiger partial charge in [-0.15, -0.1) is 12.4 Å². The number of halogens is 1. The molecule has 2 rings (SSSR count). The van der Waals surface area contributed by atoms with Crippen LogP contribution in [0.2, 0.25) is 0 Å². The average Bonchev–Trinajstić information content (AvgIpc) is 2.54. The van der Waals surface area contributed by atoms with Crippen molar-refractivity contribution in [3.05, 3.63) is 29.8 Å². The van der Waals surface area contributed by atoms with Crippen molar-refractivity contribution in [2.24, 2.45) is 11.8 Å². The van der Waals surface area contributed by atoms with Crippen LogP contribution in [0, 0.1) is 11.8 Å². The zero-order valence-electron chi connectivity index (χ0n) is 15.0. The largest absolute Gasteiger partial charge is 0.491 e. The second kappa shape index (κ2) is 10.6. The minimum atomic E-state index is 0. The first-order valence-electron chi connectivity index (χ1n) is 8.78. The Labute approximate surface area is 152 Å². The highest BCUT2D eigenvalue weighted by molar-refractivity contribution is 5.85. The lowest BCUT2D eigenvalue weighted by atomic mass is 9.85. The van der Waals surface area contributed by atoms with Crippen molar-refractivity contribution < 1.29 is 9.53 Å². The van der Waals surface area contributed by atoms with Gasteiger partial charge in [-0.1, -0.05) is 25.1 Å². The summed E-state index contributed by atoms with van der Waals surface area (Å²) in [6, 6.07) is 7.90. The summed E-state index contributed by atoms with van der Waals surface area (Å²) in [5, 5.41) is 6.47. The number of rotatable bonds is 7. The van der Waals surface area contributed by atoms with Crippen molar-refractivity contribution in [2.75, 3.05) is 13.1 Å². The summed E-state index contributed by atoms with van der Waals surface area (Å²) < 4.78 is 5.79. The monoisotopic (exact) mass is 354 g/mol. The van der Waals surface area contributed by atoms with Gasteiger partial charge >= 0.3 is 0 Å². The molecule has 1 aliphatic rings. The predicted octanol–water partition coefficient (Wildman–Crippen LogP) is 3.54. The zero-order chi connectivity index (χ0) is 16.7. The maximum absolute atomic E-state index is 12.2. The van der Waals surface area contributed by atoms with Crippen LogP contribution in [0.1, 0.15) is 45.6 Å². The van der Waals surface area contributed by atoms with Crippen LogP contribution in [0.15, 0.2) is 24.3 Å². The lowest BCUT2D eigenvalue weighted by Gasteiger charge is -2.28. The molecule has 0 spiro atoms. The number of hydrogen-bond acceptors (Lipinski definition) is 3. The molecule has 0 saturated carbocycles. The number of hydrogen-bond donors (Lipinski definition) is 2. The van der Waals surface area contributed by atoms with E-state index < -0.39 is 0 Å². The number of nitrogens with one attached hydrogen (secondary N) is 2. The number of carbonyl (C=O) groups excluding carboxylic acids is 1. The topological polar surface area (TPSA) is 50.4 Å². The molecule has 136 valence electrons. The third-order valence-electron chi connectivity index (χ3n) is 4.46. The molecule has 2 atom stereocenters. The summed E-state index contributed by atoms with van der Waals surface area (Å²) >= 11 is 0. The average molecular weight is 355 g/mol. The molecule has 1 saturated heterocycles. The summed E-state index contributed by atoms with van der Waals surface area (Å²) in [7, 11) is 0. The van der Waals surface area contributed by atoms with Gasteiger partial charge in [0.15, 0.2) is 0 Å². The van der Waals surface area contributed by atoms with Gasteiger partial charge < -0.3 is 15.4 Å². The third kappa shape index (κ3) is 6.70. The Morgan fingerprint density at radius 3 is 2.75 bits per heavy atom. The number of piperidine rings is 1. The Kier molecular flexibility index (Phi) is 9.16. The van der Waals surface area contributed by atoms with Gasteiger partial charge in [-0.05, 0) is 57.7 Å². The maximum atomic E-state index is 12.2. The van der Waals surface area contributed by atoms with Crippen molar-refractivity contribution in [1.29, 1.82) is 0 Å². The molecule has 1 heterocycles.